The normalized spacial score (nSPS) is 12.2. The topological polar surface area (TPSA) is 46.0 Å². The average molecular weight is 236 g/mol. The van der Waals surface area contributed by atoms with Gasteiger partial charge in [0.05, 0.1) is 22.5 Å². The highest BCUT2D eigenvalue weighted by Crippen LogP contribution is 2.25. The largest absolute Gasteiger partial charge is 0.513 e. The molecular formula is C15H12N2O. The second-order valence-electron chi connectivity index (χ2n) is 4.20. The van der Waals surface area contributed by atoms with Crippen molar-refractivity contribution in [3.63, 3.8) is 0 Å². The fourth-order valence-corrected chi connectivity index (χ4v) is 2.11. The summed E-state index contributed by atoms with van der Waals surface area (Å²) in [6, 6.07) is 11.8. The molecule has 0 aliphatic heterocycles. The van der Waals surface area contributed by atoms with Crippen molar-refractivity contribution in [2.75, 3.05) is 0 Å². The van der Waals surface area contributed by atoms with Crippen molar-refractivity contribution in [2.45, 2.75) is 6.92 Å². The Morgan fingerprint density at radius 3 is 2.67 bits per heavy atom. The molecule has 3 aromatic rings. The summed E-state index contributed by atoms with van der Waals surface area (Å²) >= 11 is 0. The van der Waals surface area contributed by atoms with Crippen molar-refractivity contribution in [1.29, 1.82) is 0 Å². The van der Waals surface area contributed by atoms with Gasteiger partial charge >= 0.3 is 0 Å². The predicted molar refractivity (Wildman–Crippen MR) is 73.3 cm³/mol. The van der Waals surface area contributed by atoms with Gasteiger partial charge in [-0.15, -0.1) is 0 Å². The summed E-state index contributed by atoms with van der Waals surface area (Å²) in [6.45, 7) is 1.64. The van der Waals surface area contributed by atoms with Gasteiger partial charge in [-0.05, 0) is 19.1 Å². The van der Waals surface area contributed by atoms with Gasteiger partial charge in [-0.25, -0.2) is 4.98 Å². The van der Waals surface area contributed by atoms with Gasteiger partial charge in [-0.1, -0.05) is 24.3 Å². The van der Waals surface area contributed by atoms with E-state index in [1.54, 1.807) is 19.2 Å². The molecule has 3 heteroatoms. The van der Waals surface area contributed by atoms with E-state index in [-0.39, 0.29) is 5.76 Å². The first-order valence-electron chi connectivity index (χ1n) is 5.76. The van der Waals surface area contributed by atoms with Crippen LogP contribution in [0.1, 0.15) is 12.6 Å². The molecule has 0 saturated heterocycles. The molecule has 2 aromatic heterocycles. The standard InChI is InChI=1S/C15H12N2O/c1-10(18)9-14-11-5-2-3-6-12(11)15-13(17-14)7-4-8-16-15/h2-9,18H,1H3/b10-9-. The lowest BCUT2D eigenvalue weighted by molar-refractivity contribution is 0.419. The van der Waals surface area contributed by atoms with Gasteiger partial charge in [0.15, 0.2) is 0 Å². The minimum absolute atomic E-state index is 0.246. The van der Waals surface area contributed by atoms with Crippen LogP contribution in [0.5, 0.6) is 0 Å². The van der Waals surface area contributed by atoms with E-state index in [9.17, 15) is 5.11 Å². The molecular weight excluding hydrogens is 224 g/mol. The van der Waals surface area contributed by atoms with Crippen LogP contribution in [0.25, 0.3) is 27.9 Å². The number of allylic oxidation sites excluding steroid dienone is 1. The minimum atomic E-state index is 0.246. The smallest absolute Gasteiger partial charge is 0.0965 e. The molecule has 0 atom stereocenters. The Labute approximate surface area is 104 Å². The molecule has 0 unspecified atom stereocenters. The molecule has 1 aromatic carbocycles. The van der Waals surface area contributed by atoms with Crippen molar-refractivity contribution in [3.8, 4) is 0 Å². The number of hydrogen-bond donors (Lipinski definition) is 1. The molecule has 3 rings (SSSR count). The maximum Gasteiger partial charge on any atom is 0.0965 e. The summed E-state index contributed by atoms with van der Waals surface area (Å²) in [4.78, 5) is 8.93. The number of nitrogens with zero attached hydrogens (tertiary/aromatic N) is 2. The van der Waals surface area contributed by atoms with Gasteiger partial charge in [-0.2, -0.15) is 0 Å². The molecule has 0 aliphatic rings. The quantitative estimate of drug-likeness (QED) is 0.517. The van der Waals surface area contributed by atoms with E-state index in [1.165, 1.54) is 0 Å². The summed E-state index contributed by atoms with van der Waals surface area (Å²) in [6.07, 6.45) is 3.44. The van der Waals surface area contributed by atoms with Crippen molar-refractivity contribution in [3.05, 3.63) is 54.0 Å². The molecule has 0 radical (unpaired) electrons. The van der Waals surface area contributed by atoms with Gasteiger partial charge in [0, 0.05) is 23.0 Å². The van der Waals surface area contributed by atoms with E-state index in [1.807, 2.05) is 36.4 Å². The average Bonchev–Trinajstić information content (AvgIpc) is 2.38. The first-order valence-corrected chi connectivity index (χ1v) is 5.76. The van der Waals surface area contributed by atoms with Crippen LogP contribution in [0.15, 0.2) is 48.4 Å². The second-order valence-corrected chi connectivity index (χ2v) is 4.20. The maximum absolute atomic E-state index is 9.44. The lowest BCUT2D eigenvalue weighted by atomic mass is 10.1. The van der Waals surface area contributed by atoms with Crippen molar-refractivity contribution in [2.24, 2.45) is 0 Å². The maximum atomic E-state index is 9.44. The Balaban J connectivity index is 2.50. The lowest BCUT2D eigenvalue weighted by Crippen LogP contribution is -1.90. The molecule has 2 heterocycles. The number of benzene rings is 1. The second kappa shape index (κ2) is 4.11. The van der Waals surface area contributed by atoms with Crippen LogP contribution in [0.4, 0.5) is 0 Å². The molecule has 0 aliphatic carbocycles. The van der Waals surface area contributed by atoms with Crippen LogP contribution in [0.3, 0.4) is 0 Å². The van der Waals surface area contributed by atoms with E-state index in [0.29, 0.717) is 0 Å². The fourth-order valence-electron chi connectivity index (χ4n) is 2.11. The number of aliphatic hydroxyl groups excluding tert-OH is 1. The van der Waals surface area contributed by atoms with E-state index in [0.717, 1.165) is 27.5 Å². The van der Waals surface area contributed by atoms with E-state index >= 15 is 0 Å². The Morgan fingerprint density at radius 1 is 1.11 bits per heavy atom. The van der Waals surface area contributed by atoms with Crippen LogP contribution < -0.4 is 0 Å². The van der Waals surface area contributed by atoms with Crippen LogP contribution in [-0.2, 0) is 0 Å². The van der Waals surface area contributed by atoms with Gasteiger partial charge in [-0.3, -0.25) is 4.98 Å². The first-order chi connectivity index (χ1) is 8.75. The third-order valence-corrected chi connectivity index (χ3v) is 2.83. The molecule has 88 valence electrons. The number of pyridine rings is 2. The molecule has 0 amide bonds. The Morgan fingerprint density at radius 2 is 1.89 bits per heavy atom. The van der Waals surface area contributed by atoms with Crippen LogP contribution in [-0.4, -0.2) is 15.1 Å². The highest BCUT2D eigenvalue weighted by Gasteiger charge is 2.06. The minimum Gasteiger partial charge on any atom is -0.513 e. The zero-order chi connectivity index (χ0) is 12.5. The highest BCUT2D eigenvalue weighted by molar-refractivity contribution is 6.06. The highest BCUT2D eigenvalue weighted by atomic mass is 16.3. The number of aromatic nitrogens is 2. The van der Waals surface area contributed by atoms with Crippen molar-refractivity contribution < 1.29 is 5.11 Å². The van der Waals surface area contributed by atoms with E-state index in [4.69, 9.17) is 0 Å². The SMILES string of the molecule is C/C(O)=C/c1nc2cccnc2c2ccccc12. The van der Waals surface area contributed by atoms with Gasteiger partial charge in [0.1, 0.15) is 0 Å². The summed E-state index contributed by atoms with van der Waals surface area (Å²) in [5.41, 5.74) is 2.50. The molecule has 0 spiro atoms. The number of fused-ring (bicyclic) bond motifs is 3. The molecule has 0 saturated carbocycles. The molecule has 18 heavy (non-hydrogen) atoms. The third-order valence-electron chi connectivity index (χ3n) is 2.83. The lowest BCUT2D eigenvalue weighted by Gasteiger charge is -2.06. The van der Waals surface area contributed by atoms with Crippen molar-refractivity contribution >= 4 is 27.9 Å². The molecule has 3 nitrogen and oxygen atoms in total. The van der Waals surface area contributed by atoms with Gasteiger partial charge < -0.3 is 5.11 Å². The van der Waals surface area contributed by atoms with Gasteiger partial charge in [0.2, 0.25) is 0 Å². The van der Waals surface area contributed by atoms with Crippen LogP contribution in [0, 0.1) is 0 Å². The Kier molecular flexibility index (Phi) is 2.45. The summed E-state index contributed by atoms with van der Waals surface area (Å²) in [5.74, 6) is 0.246. The Bertz CT molecular complexity index is 759. The molecule has 0 fully saturated rings. The summed E-state index contributed by atoms with van der Waals surface area (Å²) in [5, 5.41) is 11.5. The Hall–Kier alpha value is -2.42. The molecule has 1 N–H and O–H groups in total. The number of rotatable bonds is 1. The van der Waals surface area contributed by atoms with Crippen LogP contribution in [0.2, 0.25) is 0 Å². The summed E-state index contributed by atoms with van der Waals surface area (Å²) in [7, 11) is 0. The monoisotopic (exact) mass is 236 g/mol. The molecule has 0 bridgehead atoms. The first kappa shape index (κ1) is 10.7. The van der Waals surface area contributed by atoms with Gasteiger partial charge in [0.25, 0.3) is 0 Å². The summed E-state index contributed by atoms with van der Waals surface area (Å²) < 4.78 is 0. The van der Waals surface area contributed by atoms with Crippen LogP contribution >= 0.6 is 0 Å². The zero-order valence-electron chi connectivity index (χ0n) is 9.96. The van der Waals surface area contributed by atoms with E-state index < -0.39 is 0 Å². The third kappa shape index (κ3) is 1.70. The van der Waals surface area contributed by atoms with E-state index in [2.05, 4.69) is 9.97 Å². The predicted octanol–water partition coefficient (Wildman–Crippen LogP) is 3.70. The fraction of sp³-hybridized carbons (Fsp3) is 0.0667. The number of aliphatic hydroxyl groups is 1. The number of hydrogen-bond acceptors (Lipinski definition) is 3. The van der Waals surface area contributed by atoms with Crippen molar-refractivity contribution in [1.82, 2.24) is 9.97 Å². The zero-order valence-corrected chi connectivity index (χ0v) is 9.96.